The van der Waals surface area contributed by atoms with E-state index in [4.69, 9.17) is 11.6 Å². The molecule has 0 aromatic heterocycles. The fraction of sp³-hybridized carbons (Fsp3) is 0.565. The first-order valence-corrected chi connectivity index (χ1v) is 11.4. The van der Waals surface area contributed by atoms with Crippen LogP contribution in [0.4, 0.5) is 4.39 Å². The van der Waals surface area contributed by atoms with Crippen LogP contribution in [0.2, 0.25) is 5.02 Å². The molecule has 31 heavy (non-hydrogen) atoms. The Hall–Kier alpha value is -1.96. The van der Waals surface area contributed by atoms with Gasteiger partial charge in [0.15, 0.2) is 0 Å². The molecule has 2 fully saturated rings. The van der Waals surface area contributed by atoms with E-state index >= 15 is 0 Å². The summed E-state index contributed by atoms with van der Waals surface area (Å²) in [5.74, 6) is -0.598. The maximum atomic E-state index is 13.3. The highest BCUT2D eigenvalue weighted by Crippen LogP contribution is 2.18. The number of nitrogens with zero attached hydrogens (tertiary/aromatic N) is 3. The number of amides is 2. The summed E-state index contributed by atoms with van der Waals surface area (Å²) in [4.78, 5) is 30.9. The van der Waals surface area contributed by atoms with Crippen LogP contribution < -0.4 is 0 Å². The molecule has 1 unspecified atom stereocenters. The molecule has 1 aromatic carbocycles. The lowest BCUT2D eigenvalue weighted by Crippen LogP contribution is -2.43. The van der Waals surface area contributed by atoms with Crippen molar-refractivity contribution in [3.63, 3.8) is 0 Å². The summed E-state index contributed by atoms with van der Waals surface area (Å²) in [6.45, 7) is 4.14. The zero-order chi connectivity index (χ0) is 22.2. The molecule has 2 amide bonds. The third-order valence-corrected chi connectivity index (χ3v) is 6.38. The fourth-order valence-corrected chi connectivity index (χ4v) is 4.43. The molecule has 8 heteroatoms. The standard InChI is InChI=1S/C23H31ClFN3O3/c24-20-16-18(5-7-21(20)25)6-8-22(30)28-13-9-23(31)27(14-15-28)12-3-11-26-10-2-1-4-19(26)17-29/h5-8,16,19,29H,1-4,9-15,17H2. The minimum Gasteiger partial charge on any atom is -0.395 e. The maximum absolute atomic E-state index is 13.3. The van der Waals surface area contributed by atoms with Gasteiger partial charge in [0.1, 0.15) is 5.82 Å². The summed E-state index contributed by atoms with van der Waals surface area (Å²) in [5.41, 5.74) is 0.645. The largest absolute Gasteiger partial charge is 0.395 e. The third-order valence-electron chi connectivity index (χ3n) is 6.09. The molecular weight excluding hydrogens is 421 g/mol. The van der Waals surface area contributed by atoms with Crippen molar-refractivity contribution in [1.29, 1.82) is 0 Å². The first-order chi connectivity index (χ1) is 15.0. The number of carbonyl (C=O) groups is 2. The highest BCUT2D eigenvalue weighted by Gasteiger charge is 2.24. The van der Waals surface area contributed by atoms with Crippen molar-refractivity contribution < 1.29 is 19.1 Å². The Morgan fingerprint density at radius 3 is 2.81 bits per heavy atom. The molecule has 6 nitrogen and oxygen atoms in total. The molecule has 0 radical (unpaired) electrons. The summed E-state index contributed by atoms with van der Waals surface area (Å²) >= 11 is 5.78. The highest BCUT2D eigenvalue weighted by atomic mass is 35.5. The van der Waals surface area contributed by atoms with Gasteiger partial charge >= 0.3 is 0 Å². The van der Waals surface area contributed by atoms with Crippen molar-refractivity contribution in [2.24, 2.45) is 0 Å². The molecule has 1 atom stereocenters. The van der Waals surface area contributed by atoms with E-state index in [1.54, 1.807) is 17.0 Å². The molecular formula is C23H31ClFN3O3. The number of rotatable bonds is 7. The number of aliphatic hydroxyl groups is 1. The number of hydrogen-bond donors (Lipinski definition) is 1. The van der Waals surface area contributed by atoms with Crippen molar-refractivity contribution in [2.75, 3.05) is 45.9 Å². The molecule has 2 aliphatic rings. The summed E-state index contributed by atoms with van der Waals surface area (Å²) in [7, 11) is 0. The van der Waals surface area contributed by atoms with Gasteiger partial charge in [0.2, 0.25) is 11.8 Å². The predicted octanol–water partition coefficient (Wildman–Crippen LogP) is 2.79. The van der Waals surface area contributed by atoms with Gasteiger partial charge in [0, 0.05) is 51.3 Å². The van der Waals surface area contributed by atoms with E-state index in [1.807, 2.05) is 4.90 Å². The zero-order valence-electron chi connectivity index (χ0n) is 17.8. The van der Waals surface area contributed by atoms with Crippen molar-refractivity contribution in [2.45, 2.75) is 38.1 Å². The molecule has 1 N–H and O–H groups in total. The van der Waals surface area contributed by atoms with Gasteiger partial charge in [-0.25, -0.2) is 4.39 Å². The molecule has 2 heterocycles. The Bertz CT molecular complexity index is 804. The van der Waals surface area contributed by atoms with E-state index in [0.717, 1.165) is 32.4 Å². The Labute approximate surface area is 188 Å². The van der Waals surface area contributed by atoms with Crippen LogP contribution in [0.1, 0.15) is 37.7 Å². The van der Waals surface area contributed by atoms with E-state index in [1.165, 1.54) is 24.6 Å². The molecule has 0 aliphatic carbocycles. The van der Waals surface area contributed by atoms with E-state index in [9.17, 15) is 19.1 Å². The quantitative estimate of drug-likeness (QED) is 0.647. The van der Waals surface area contributed by atoms with E-state index in [-0.39, 0.29) is 29.5 Å². The fourth-order valence-electron chi connectivity index (χ4n) is 4.24. The van der Waals surface area contributed by atoms with Crippen molar-refractivity contribution in [1.82, 2.24) is 14.7 Å². The number of benzene rings is 1. The molecule has 0 saturated carbocycles. The van der Waals surface area contributed by atoms with Crippen molar-refractivity contribution in [3.05, 3.63) is 40.7 Å². The van der Waals surface area contributed by atoms with Crippen molar-refractivity contribution in [3.8, 4) is 0 Å². The maximum Gasteiger partial charge on any atom is 0.246 e. The highest BCUT2D eigenvalue weighted by molar-refractivity contribution is 6.30. The van der Waals surface area contributed by atoms with Crippen LogP contribution in [-0.2, 0) is 9.59 Å². The average molecular weight is 452 g/mol. The van der Waals surface area contributed by atoms with E-state index in [0.29, 0.717) is 38.2 Å². The second-order valence-electron chi connectivity index (χ2n) is 8.18. The van der Waals surface area contributed by atoms with Gasteiger partial charge in [-0.15, -0.1) is 0 Å². The zero-order valence-corrected chi connectivity index (χ0v) is 18.6. The van der Waals surface area contributed by atoms with Gasteiger partial charge < -0.3 is 14.9 Å². The lowest BCUT2D eigenvalue weighted by Gasteiger charge is -2.35. The lowest BCUT2D eigenvalue weighted by molar-refractivity contribution is -0.130. The normalized spacial score (nSPS) is 21.0. The van der Waals surface area contributed by atoms with Gasteiger partial charge in [-0.05, 0) is 49.6 Å². The van der Waals surface area contributed by atoms with E-state index in [2.05, 4.69) is 4.90 Å². The molecule has 0 bridgehead atoms. The number of aliphatic hydroxyl groups excluding tert-OH is 1. The van der Waals surface area contributed by atoms with Gasteiger partial charge in [-0.3, -0.25) is 14.5 Å². The molecule has 1 aromatic rings. The number of halogens is 2. The van der Waals surface area contributed by atoms with Crippen molar-refractivity contribution >= 4 is 29.5 Å². The second kappa shape index (κ2) is 11.6. The van der Waals surface area contributed by atoms with Crippen LogP contribution in [0.3, 0.4) is 0 Å². The topological polar surface area (TPSA) is 64.1 Å². The third kappa shape index (κ3) is 6.76. The van der Waals surface area contributed by atoms with Gasteiger partial charge in [0.05, 0.1) is 11.6 Å². The van der Waals surface area contributed by atoms with Crippen LogP contribution in [-0.4, -0.2) is 83.5 Å². The molecule has 2 aliphatic heterocycles. The first kappa shape index (κ1) is 23.7. The van der Waals surface area contributed by atoms with Crippen LogP contribution in [0, 0.1) is 5.82 Å². The molecule has 3 rings (SSSR count). The van der Waals surface area contributed by atoms with Gasteiger partial charge in [-0.2, -0.15) is 0 Å². The minimum absolute atomic E-state index is 0.0143. The molecule has 2 saturated heterocycles. The van der Waals surface area contributed by atoms with Crippen LogP contribution in [0.15, 0.2) is 24.3 Å². The van der Waals surface area contributed by atoms with Crippen LogP contribution in [0.5, 0.6) is 0 Å². The monoisotopic (exact) mass is 451 g/mol. The Morgan fingerprint density at radius 1 is 1.19 bits per heavy atom. The molecule has 0 spiro atoms. The predicted molar refractivity (Wildman–Crippen MR) is 119 cm³/mol. The lowest BCUT2D eigenvalue weighted by atomic mass is 10.0. The Balaban J connectivity index is 1.47. The SMILES string of the molecule is O=C(C=Cc1ccc(F)c(Cl)c1)N1CCC(=O)N(CCCN2CCCCC2CO)CC1. The van der Waals surface area contributed by atoms with Crippen LogP contribution in [0.25, 0.3) is 6.08 Å². The smallest absolute Gasteiger partial charge is 0.246 e. The molecule has 170 valence electrons. The Kier molecular flexibility index (Phi) is 8.87. The number of carbonyl (C=O) groups excluding carboxylic acids is 2. The van der Waals surface area contributed by atoms with Gasteiger partial charge in [0.25, 0.3) is 0 Å². The van der Waals surface area contributed by atoms with E-state index < -0.39 is 5.82 Å². The summed E-state index contributed by atoms with van der Waals surface area (Å²) in [5, 5.41) is 9.55. The van der Waals surface area contributed by atoms with Gasteiger partial charge in [-0.1, -0.05) is 24.1 Å². The summed E-state index contributed by atoms with van der Waals surface area (Å²) in [6, 6.07) is 4.53. The second-order valence-corrected chi connectivity index (χ2v) is 8.59. The first-order valence-electron chi connectivity index (χ1n) is 11.0. The number of piperidine rings is 1. The van der Waals surface area contributed by atoms with Crippen LogP contribution >= 0.6 is 11.6 Å². The number of hydrogen-bond acceptors (Lipinski definition) is 4. The number of likely N-dealkylation sites (tertiary alicyclic amines) is 1. The summed E-state index contributed by atoms with van der Waals surface area (Å²) < 4.78 is 13.3. The summed E-state index contributed by atoms with van der Waals surface area (Å²) in [6.07, 6.45) is 7.58. The average Bonchev–Trinajstić information content (AvgIpc) is 2.96. The Morgan fingerprint density at radius 2 is 2.03 bits per heavy atom. The minimum atomic E-state index is -0.497.